The number of likely N-dealkylation sites (N-methyl/N-ethyl adjacent to an activating group) is 1. The van der Waals surface area contributed by atoms with Crippen molar-refractivity contribution in [2.75, 3.05) is 7.05 Å². The number of amides is 1. The minimum Gasteiger partial charge on any atom is -0.480 e. The van der Waals surface area contributed by atoms with Crippen molar-refractivity contribution in [3.05, 3.63) is 29.8 Å². The predicted octanol–water partition coefficient (Wildman–Crippen LogP) is 1.45. The lowest BCUT2D eigenvalue weighted by atomic mass is 10.2. The van der Waals surface area contributed by atoms with Crippen LogP contribution >= 0.6 is 0 Å². The number of sulfonamides is 1. The Morgan fingerprint density at radius 1 is 1.29 bits per heavy atom. The van der Waals surface area contributed by atoms with Gasteiger partial charge in [0, 0.05) is 18.7 Å². The molecule has 0 heterocycles. The van der Waals surface area contributed by atoms with E-state index in [1.807, 2.05) is 0 Å². The number of hydrogen-bond donors (Lipinski definition) is 2. The van der Waals surface area contributed by atoms with E-state index in [9.17, 15) is 18.0 Å². The van der Waals surface area contributed by atoms with Gasteiger partial charge in [0.1, 0.15) is 6.04 Å². The fourth-order valence-corrected chi connectivity index (χ4v) is 4.02. The van der Waals surface area contributed by atoms with Gasteiger partial charge in [0.05, 0.1) is 4.90 Å². The van der Waals surface area contributed by atoms with Gasteiger partial charge in [0.15, 0.2) is 0 Å². The molecule has 0 radical (unpaired) electrons. The summed E-state index contributed by atoms with van der Waals surface area (Å²) in [6, 6.07) is 4.59. The van der Waals surface area contributed by atoms with E-state index < -0.39 is 27.9 Å². The summed E-state index contributed by atoms with van der Waals surface area (Å²) in [6.07, 6.45) is 3.64. The van der Waals surface area contributed by atoms with Crippen molar-refractivity contribution in [3.8, 4) is 0 Å². The second-order valence-corrected chi connectivity index (χ2v) is 7.77. The predicted molar refractivity (Wildman–Crippen MR) is 88.2 cm³/mol. The Bertz CT molecular complexity index is 726. The lowest BCUT2D eigenvalue weighted by molar-refractivity contribution is -0.141. The Morgan fingerprint density at radius 3 is 2.50 bits per heavy atom. The molecule has 0 spiro atoms. The van der Waals surface area contributed by atoms with E-state index in [-0.39, 0.29) is 16.5 Å². The number of hydrogen-bond acceptors (Lipinski definition) is 4. The molecule has 24 heavy (non-hydrogen) atoms. The number of nitrogens with zero attached hydrogens (tertiary/aromatic N) is 1. The molecule has 2 N–H and O–H groups in total. The molecule has 1 saturated carbocycles. The van der Waals surface area contributed by atoms with Gasteiger partial charge in [-0.15, -0.1) is 0 Å². The van der Waals surface area contributed by atoms with Crippen LogP contribution in [0, 0.1) is 0 Å². The fourth-order valence-electron chi connectivity index (χ4n) is 2.67. The normalized spacial score (nSPS) is 16.8. The lowest BCUT2D eigenvalue weighted by Crippen LogP contribution is -2.40. The average Bonchev–Trinajstić information content (AvgIpc) is 3.05. The summed E-state index contributed by atoms with van der Waals surface area (Å²) in [5.74, 6) is -1.67. The van der Waals surface area contributed by atoms with Crippen molar-refractivity contribution >= 4 is 21.9 Å². The summed E-state index contributed by atoms with van der Waals surface area (Å²) >= 11 is 0. The molecule has 0 saturated heterocycles. The number of rotatable bonds is 6. The molecular formula is C16H22N2O5S. The van der Waals surface area contributed by atoms with Crippen molar-refractivity contribution < 1.29 is 23.1 Å². The van der Waals surface area contributed by atoms with Crippen LogP contribution in [-0.2, 0) is 14.8 Å². The number of benzene rings is 1. The monoisotopic (exact) mass is 354 g/mol. The zero-order valence-electron chi connectivity index (χ0n) is 13.7. The highest BCUT2D eigenvalue weighted by molar-refractivity contribution is 7.89. The Kier molecular flexibility index (Phi) is 5.61. The maximum absolute atomic E-state index is 12.4. The van der Waals surface area contributed by atoms with Crippen LogP contribution in [0.15, 0.2) is 29.2 Å². The minimum atomic E-state index is -3.70. The number of carbonyl (C=O) groups is 2. The standard InChI is InChI=1S/C16H22N2O5S/c1-11(16(20)21)18(2)15(19)12-6-5-9-14(10-12)24(22,23)17-13-7-3-4-8-13/h5-6,9-11,13,17H,3-4,7-8H2,1-2H3,(H,20,21). The molecule has 1 aromatic carbocycles. The molecule has 0 bridgehead atoms. The zero-order chi connectivity index (χ0) is 17.9. The molecule has 1 aromatic rings. The van der Waals surface area contributed by atoms with Gasteiger partial charge in [-0.2, -0.15) is 0 Å². The summed E-state index contributed by atoms with van der Waals surface area (Å²) in [4.78, 5) is 24.4. The largest absolute Gasteiger partial charge is 0.480 e. The van der Waals surface area contributed by atoms with Gasteiger partial charge in [-0.3, -0.25) is 4.79 Å². The van der Waals surface area contributed by atoms with Crippen LogP contribution in [0.4, 0.5) is 0 Å². The van der Waals surface area contributed by atoms with Crippen LogP contribution in [0.3, 0.4) is 0 Å². The summed E-state index contributed by atoms with van der Waals surface area (Å²) in [7, 11) is -2.32. The molecular weight excluding hydrogens is 332 g/mol. The van der Waals surface area contributed by atoms with Crippen LogP contribution in [0.2, 0.25) is 0 Å². The molecule has 1 atom stereocenters. The van der Waals surface area contributed by atoms with E-state index in [1.165, 1.54) is 38.2 Å². The van der Waals surface area contributed by atoms with Crippen molar-refractivity contribution in [3.63, 3.8) is 0 Å². The maximum atomic E-state index is 12.4. The van der Waals surface area contributed by atoms with Gasteiger partial charge < -0.3 is 10.0 Å². The van der Waals surface area contributed by atoms with E-state index in [0.717, 1.165) is 30.6 Å². The van der Waals surface area contributed by atoms with Crippen molar-refractivity contribution in [1.29, 1.82) is 0 Å². The van der Waals surface area contributed by atoms with Crippen LogP contribution < -0.4 is 4.72 Å². The first kappa shape index (κ1) is 18.4. The Hall–Kier alpha value is -1.93. The number of carbonyl (C=O) groups excluding carboxylic acids is 1. The molecule has 0 aliphatic heterocycles. The molecule has 1 aliphatic rings. The smallest absolute Gasteiger partial charge is 0.326 e. The molecule has 2 rings (SSSR count). The molecule has 1 amide bonds. The van der Waals surface area contributed by atoms with Crippen LogP contribution in [0.1, 0.15) is 43.0 Å². The lowest BCUT2D eigenvalue weighted by Gasteiger charge is -2.21. The average molecular weight is 354 g/mol. The highest BCUT2D eigenvalue weighted by Gasteiger charge is 2.26. The Labute approximate surface area is 141 Å². The number of carboxylic acid groups (broad SMARTS) is 1. The summed E-state index contributed by atoms with van der Waals surface area (Å²) in [5, 5.41) is 8.99. The molecule has 8 heteroatoms. The van der Waals surface area contributed by atoms with Gasteiger partial charge in [0.2, 0.25) is 10.0 Å². The summed E-state index contributed by atoms with van der Waals surface area (Å²) in [6.45, 7) is 1.39. The molecule has 1 fully saturated rings. The van der Waals surface area contributed by atoms with Crippen molar-refractivity contribution in [2.45, 2.75) is 49.6 Å². The first-order valence-electron chi connectivity index (χ1n) is 7.85. The van der Waals surface area contributed by atoms with E-state index in [1.54, 1.807) is 0 Å². The number of aliphatic carboxylic acids is 1. The topological polar surface area (TPSA) is 104 Å². The van der Waals surface area contributed by atoms with Gasteiger partial charge in [-0.1, -0.05) is 18.9 Å². The highest BCUT2D eigenvalue weighted by Crippen LogP contribution is 2.21. The van der Waals surface area contributed by atoms with Crippen LogP contribution in [0.5, 0.6) is 0 Å². The maximum Gasteiger partial charge on any atom is 0.326 e. The molecule has 1 aliphatic carbocycles. The number of carboxylic acids is 1. The minimum absolute atomic E-state index is 0.0108. The van der Waals surface area contributed by atoms with Crippen molar-refractivity contribution in [1.82, 2.24) is 9.62 Å². The summed E-state index contributed by atoms with van der Waals surface area (Å²) < 4.78 is 27.6. The van der Waals surface area contributed by atoms with Crippen molar-refractivity contribution in [2.24, 2.45) is 0 Å². The third-order valence-corrected chi connectivity index (χ3v) is 5.85. The Morgan fingerprint density at radius 2 is 1.92 bits per heavy atom. The molecule has 0 aromatic heterocycles. The quantitative estimate of drug-likeness (QED) is 0.805. The molecule has 132 valence electrons. The fraction of sp³-hybridized carbons (Fsp3) is 0.500. The highest BCUT2D eigenvalue weighted by atomic mass is 32.2. The van der Waals surface area contributed by atoms with Crippen LogP contribution in [-0.4, -0.2) is 49.4 Å². The third-order valence-electron chi connectivity index (χ3n) is 4.33. The van der Waals surface area contributed by atoms with Crippen LogP contribution in [0.25, 0.3) is 0 Å². The van der Waals surface area contributed by atoms with Gasteiger partial charge in [-0.05, 0) is 38.0 Å². The van der Waals surface area contributed by atoms with E-state index >= 15 is 0 Å². The third kappa shape index (κ3) is 4.12. The first-order chi connectivity index (χ1) is 11.2. The van der Waals surface area contributed by atoms with E-state index in [4.69, 9.17) is 5.11 Å². The second kappa shape index (κ2) is 7.31. The number of nitrogens with one attached hydrogen (secondary N) is 1. The Balaban J connectivity index is 2.21. The van der Waals surface area contributed by atoms with Gasteiger partial charge >= 0.3 is 5.97 Å². The second-order valence-electron chi connectivity index (χ2n) is 6.06. The molecule has 1 unspecified atom stereocenters. The van der Waals surface area contributed by atoms with Gasteiger partial charge in [-0.25, -0.2) is 17.9 Å². The first-order valence-corrected chi connectivity index (χ1v) is 9.33. The summed E-state index contributed by atoms with van der Waals surface area (Å²) in [5.41, 5.74) is 0.139. The SMILES string of the molecule is CC(C(=O)O)N(C)C(=O)c1cccc(S(=O)(=O)NC2CCCC2)c1. The zero-order valence-corrected chi connectivity index (χ0v) is 14.5. The molecule has 7 nitrogen and oxygen atoms in total. The van der Waals surface area contributed by atoms with E-state index in [0.29, 0.717) is 0 Å². The van der Waals surface area contributed by atoms with Gasteiger partial charge in [0.25, 0.3) is 5.91 Å². The van der Waals surface area contributed by atoms with E-state index in [2.05, 4.69) is 4.72 Å².